The summed E-state index contributed by atoms with van der Waals surface area (Å²) in [7, 11) is 0. The first kappa shape index (κ1) is 54.2. The minimum atomic E-state index is -2.85. The maximum Gasteiger partial charge on any atom is 0.339 e. The average molecular weight is 997 g/mol. The van der Waals surface area contributed by atoms with E-state index < -0.39 is 168 Å². The molecule has 386 valence electrons. The van der Waals surface area contributed by atoms with Crippen molar-refractivity contribution in [3.63, 3.8) is 0 Å². The summed E-state index contributed by atoms with van der Waals surface area (Å²) in [6, 6.07) is 16.9. The number of rotatable bonds is 20. The molecule has 13 N–H and O–H groups in total. The molecule has 25 heteroatoms. The molecule has 0 aliphatic carbocycles. The molecule has 0 amide bonds. The van der Waals surface area contributed by atoms with Gasteiger partial charge in [-0.1, -0.05) is 36.4 Å². The number of aliphatic hydroxyl groups is 13. The van der Waals surface area contributed by atoms with Gasteiger partial charge in [-0.2, -0.15) is 0 Å². The number of carbonyl (C=O) groups is 3. The van der Waals surface area contributed by atoms with E-state index in [1.54, 1.807) is 0 Å². The molecule has 0 spiro atoms. The standard InChI is InChI=1S/C45H56O25/c46-15-27-32(51)35(54)38(57)41(68-27)65-24-7-1-21(2-8-24)18-62-30(49)13-45(61,44(60)64-20-23-5-11-26(12-6-23)67-43-40(59)37(56)34(53)29(17-48)70-43)14-31(50)63-19-22-3-9-25(10-4-22)66-42-39(58)36(55)33(52)28(16-47)69-42/h1-12,27-29,32-43,46-48,51-59,61H,13-20H2/t27-,28-,29-,32-,33-,34-,35+,36+,37+,38-,39-,40-,41-,42-,43-/m1/s1. The van der Waals surface area contributed by atoms with Crippen LogP contribution in [-0.4, -0.2) is 202 Å². The number of carbonyl (C=O) groups excluding carboxylic acids is 3. The van der Waals surface area contributed by atoms with Crippen molar-refractivity contribution in [2.24, 2.45) is 0 Å². The van der Waals surface area contributed by atoms with Crippen molar-refractivity contribution in [2.45, 2.75) is 130 Å². The number of aliphatic hydroxyl groups excluding tert-OH is 12. The van der Waals surface area contributed by atoms with Crippen molar-refractivity contribution in [2.75, 3.05) is 19.8 Å². The molecule has 0 radical (unpaired) electrons. The van der Waals surface area contributed by atoms with Crippen molar-refractivity contribution in [1.82, 2.24) is 0 Å². The number of ether oxygens (including phenoxy) is 9. The molecule has 3 heterocycles. The molecule has 0 unspecified atom stereocenters. The van der Waals surface area contributed by atoms with Gasteiger partial charge in [0.25, 0.3) is 0 Å². The van der Waals surface area contributed by atoms with Crippen molar-refractivity contribution in [3.8, 4) is 17.2 Å². The van der Waals surface area contributed by atoms with Crippen LogP contribution >= 0.6 is 0 Å². The normalized spacial score (nSPS) is 31.2. The zero-order valence-electron chi connectivity index (χ0n) is 37.0. The van der Waals surface area contributed by atoms with E-state index in [1.165, 1.54) is 72.8 Å². The van der Waals surface area contributed by atoms with Crippen LogP contribution in [0.15, 0.2) is 72.8 Å². The molecule has 6 rings (SSSR count). The zero-order chi connectivity index (χ0) is 50.9. The second-order valence-electron chi connectivity index (χ2n) is 16.7. The lowest BCUT2D eigenvalue weighted by molar-refractivity contribution is -0.277. The Kier molecular flexibility index (Phi) is 18.8. The highest BCUT2D eigenvalue weighted by Gasteiger charge is 2.48. The van der Waals surface area contributed by atoms with Crippen LogP contribution in [0.5, 0.6) is 17.2 Å². The molecule has 25 nitrogen and oxygen atoms in total. The molecule has 3 fully saturated rings. The van der Waals surface area contributed by atoms with Crippen molar-refractivity contribution in [1.29, 1.82) is 0 Å². The Bertz CT molecular complexity index is 2040. The highest BCUT2D eigenvalue weighted by atomic mass is 16.7. The van der Waals surface area contributed by atoms with Gasteiger partial charge in [-0.3, -0.25) is 9.59 Å². The van der Waals surface area contributed by atoms with Crippen molar-refractivity contribution >= 4 is 17.9 Å². The van der Waals surface area contributed by atoms with Crippen molar-refractivity contribution in [3.05, 3.63) is 89.5 Å². The average Bonchev–Trinajstić information content (AvgIpc) is 3.35. The van der Waals surface area contributed by atoms with Crippen LogP contribution in [0.4, 0.5) is 0 Å². The lowest BCUT2D eigenvalue weighted by Crippen LogP contribution is -2.60. The highest BCUT2D eigenvalue weighted by Crippen LogP contribution is 2.29. The van der Waals surface area contributed by atoms with Gasteiger partial charge in [-0.15, -0.1) is 0 Å². The monoisotopic (exact) mass is 996 g/mol. The molecule has 0 bridgehead atoms. The van der Waals surface area contributed by atoms with Gasteiger partial charge in [0.05, 0.1) is 32.7 Å². The zero-order valence-corrected chi connectivity index (χ0v) is 37.0. The number of hydrogen-bond acceptors (Lipinski definition) is 25. The predicted octanol–water partition coefficient (Wildman–Crippen LogP) is -4.74. The van der Waals surface area contributed by atoms with E-state index >= 15 is 0 Å². The van der Waals surface area contributed by atoms with Gasteiger partial charge in [-0.05, 0) is 53.1 Å². The highest BCUT2D eigenvalue weighted by molar-refractivity contribution is 5.90. The van der Waals surface area contributed by atoms with E-state index in [1.807, 2.05) is 0 Å². The Balaban J connectivity index is 1.07. The molecule has 3 aliphatic heterocycles. The maximum absolute atomic E-state index is 13.6. The smallest absolute Gasteiger partial charge is 0.339 e. The van der Waals surface area contributed by atoms with E-state index in [0.29, 0.717) is 16.7 Å². The van der Waals surface area contributed by atoms with Gasteiger partial charge in [0.1, 0.15) is 110 Å². The number of benzene rings is 3. The maximum atomic E-state index is 13.6. The largest absolute Gasteiger partial charge is 0.462 e. The minimum Gasteiger partial charge on any atom is -0.462 e. The quantitative estimate of drug-likeness (QED) is 0.0373. The van der Waals surface area contributed by atoms with Gasteiger partial charge >= 0.3 is 17.9 Å². The van der Waals surface area contributed by atoms with Crippen LogP contribution in [0.1, 0.15) is 29.5 Å². The molecular weight excluding hydrogens is 940 g/mol. The summed E-state index contributed by atoms with van der Waals surface area (Å²) >= 11 is 0. The van der Waals surface area contributed by atoms with Crippen LogP contribution in [0.25, 0.3) is 0 Å². The molecule has 3 aromatic carbocycles. The fourth-order valence-electron chi connectivity index (χ4n) is 7.29. The van der Waals surface area contributed by atoms with Crippen molar-refractivity contribution < 1.29 is 123 Å². The predicted molar refractivity (Wildman–Crippen MR) is 226 cm³/mol. The van der Waals surface area contributed by atoms with E-state index in [4.69, 9.17) is 42.6 Å². The topological polar surface area (TPSA) is 397 Å². The fourth-order valence-corrected chi connectivity index (χ4v) is 7.29. The van der Waals surface area contributed by atoms with Gasteiger partial charge in [0.2, 0.25) is 18.9 Å². The first-order valence-corrected chi connectivity index (χ1v) is 21.7. The summed E-state index contributed by atoms with van der Waals surface area (Å²) in [6.45, 7) is -3.36. The first-order valence-electron chi connectivity index (χ1n) is 21.7. The molecular formula is C45H56O25. The number of hydrogen-bond donors (Lipinski definition) is 13. The lowest BCUT2D eigenvalue weighted by atomic mass is 9.95. The Morgan fingerprint density at radius 1 is 0.414 bits per heavy atom. The third kappa shape index (κ3) is 13.4. The van der Waals surface area contributed by atoms with E-state index in [9.17, 15) is 80.8 Å². The van der Waals surface area contributed by atoms with Crippen LogP contribution in [0, 0.1) is 0 Å². The first-order chi connectivity index (χ1) is 33.3. The molecule has 3 aliphatic rings. The molecule has 3 saturated heterocycles. The molecule has 0 saturated carbocycles. The van der Waals surface area contributed by atoms with Crippen LogP contribution in [0.2, 0.25) is 0 Å². The molecule has 15 atom stereocenters. The van der Waals surface area contributed by atoms with Crippen LogP contribution in [0.3, 0.4) is 0 Å². The summed E-state index contributed by atoms with van der Waals surface area (Å²) < 4.78 is 48.6. The Morgan fingerprint density at radius 2 is 0.686 bits per heavy atom. The minimum absolute atomic E-state index is 0.0911. The fraction of sp³-hybridized carbons (Fsp3) is 0.533. The summed E-state index contributed by atoms with van der Waals surface area (Å²) in [4.78, 5) is 39.9. The Labute approximate surface area is 397 Å². The Hall–Kier alpha value is -5.17. The SMILES string of the molecule is O=C(CC(O)(CC(=O)OCc1ccc(O[C@@H]2O[C@H](CO)[C@@H](O)[C@H](O)[C@H]2O)cc1)C(=O)OCc1ccc(O[C@@H]2O[C@H](CO)[C@@H](O)[C@H](O)[C@H]2O)cc1)OCc1ccc(O[C@@H]2O[C@H](CO)[C@@H](O)[C@H](O)[C@H]2O)cc1. The van der Waals surface area contributed by atoms with Gasteiger partial charge in [-0.25, -0.2) is 4.79 Å². The molecule has 70 heavy (non-hydrogen) atoms. The van der Waals surface area contributed by atoms with Crippen LogP contribution in [-0.2, 0) is 62.6 Å². The van der Waals surface area contributed by atoms with E-state index in [-0.39, 0.29) is 17.2 Å². The Morgan fingerprint density at radius 3 is 0.957 bits per heavy atom. The summed E-state index contributed by atoms with van der Waals surface area (Å²) in [5.41, 5.74) is -1.82. The molecule has 3 aromatic rings. The lowest BCUT2D eigenvalue weighted by Gasteiger charge is -2.39. The summed E-state index contributed by atoms with van der Waals surface area (Å²) in [6.07, 6.45) is -25.1. The van der Waals surface area contributed by atoms with Gasteiger partial charge in [0.15, 0.2) is 5.60 Å². The van der Waals surface area contributed by atoms with E-state index in [2.05, 4.69) is 0 Å². The van der Waals surface area contributed by atoms with Gasteiger partial charge in [0, 0.05) is 0 Å². The van der Waals surface area contributed by atoms with Crippen LogP contribution < -0.4 is 14.2 Å². The summed E-state index contributed by atoms with van der Waals surface area (Å²) in [5, 5.41) is 131. The number of esters is 3. The van der Waals surface area contributed by atoms with E-state index in [0.717, 1.165) is 0 Å². The third-order valence-corrected chi connectivity index (χ3v) is 11.5. The third-order valence-electron chi connectivity index (χ3n) is 11.5. The second-order valence-corrected chi connectivity index (χ2v) is 16.7. The van der Waals surface area contributed by atoms with Gasteiger partial charge < -0.3 is 109 Å². The molecule has 0 aromatic heterocycles. The summed E-state index contributed by atoms with van der Waals surface area (Å²) in [5.74, 6) is -3.41. The second kappa shape index (κ2) is 24.3.